The van der Waals surface area contributed by atoms with Crippen molar-refractivity contribution in [2.75, 3.05) is 0 Å². The van der Waals surface area contributed by atoms with Gasteiger partial charge in [0.05, 0.1) is 0 Å². The van der Waals surface area contributed by atoms with Crippen molar-refractivity contribution in [3.63, 3.8) is 0 Å². The van der Waals surface area contributed by atoms with E-state index in [9.17, 15) is 4.79 Å². The molecule has 1 aromatic carbocycles. The van der Waals surface area contributed by atoms with E-state index in [0.717, 1.165) is 17.4 Å². The third-order valence-corrected chi connectivity index (χ3v) is 2.26. The Morgan fingerprint density at radius 1 is 1.29 bits per heavy atom. The number of benzene rings is 1. The fraction of sp³-hybridized carbons (Fsp3) is 0.250. The van der Waals surface area contributed by atoms with Gasteiger partial charge in [-0.05, 0) is 35.3 Å². The summed E-state index contributed by atoms with van der Waals surface area (Å²) in [7, 11) is 0. The van der Waals surface area contributed by atoms with Crippen molar-refractivity contribution in [1.29, 1.82) is 0 Å². The summed E-state index contributed by atoms with van der Waals surface area (Å²) in [5, 5.41) is 0.708. The maximum absolute atomic E-state index is 10.7. The van der Waals surface area contributed by atoms with Crippen molar-refractivity contribution in [3.8, 4) is 0 Å². The molecule has 1 aromatic rings. The van der Waals surface area contributed by atoms with Crippen LogP contribution < -0.4 is 0 Å². The molecule has 0 bridgehead atoms. The summed E-state index contributed by atoms with van der Waals surface area (Å²) in [6, 6.07) is 7.43. The van der Waals surface area contributed by atoms with Crippen molar-refractivity contribution < 1.29 is 4.79 Å². The molecule has 1 nitrogen and oxygen atoms in total. The van der Waals surface area contributed by atoms with Crippen molar-refractivity contribution in [2.24, 2.45) is 5.92 Å². The average molecular weight is 209 g/mol. The molecule has 0 saturated heterocycles. The van der Waals surface area contributed by atoms with Crippen LogP contribution in [0.1, 0.15) is 19.4 Å². The lowest BCUT2D eigenvalue weighted by Crippen LogP contribution is -1.94. The topological polar surface area (TPSA) is 17.1 Å². The van der Waals surface area contributed by atoms with Crippen LogP contribution in [-0.4, -0.2) is 6.29 Å². The predicted octanol–water partition coefficient (Wildman–Crippen LogP) is 3.58. The van der Waals surface area contributed by atoms with E-state index in [1.165, 1.54) is 0 Å². The second-order valence-corrected chi connectivity index (χ2v) is 3.90. The monoisotopic (exact) mass is 208 g/mol. The molecule has 74 valence electrons. The van der Waals surface area contributed by atoms with E-state index < -0.39 is 0 Å². The van der Waals surface area contributed by atoms with Gasteiger partial charge in [-0.1, -0.05) is 37.6 Å². The third kappa shape index (κ3) is 3.00. The Morgan fingerprint density at radius 2 is 1.86 bits per heavy atom. The number of rotatable bonds is 3. The standard InChI is InChI=1S/C12H13ClO/c1-9(2)11(8-14)7-10-3-5-12(13)6-4-10/h3-9H,1-2H3. The van der Waals surface area contributed by atoms with Crippen LogP contribution >= 0.6 is 11.6 Å². The highest BCUT2D eigenvalue weighted by Crippen LogP contribution is 2.15. The molecule has 0 saturated carbocycles. The van der Waals surface area contributed by atoms with Crippen molar-refractivity contribution in [1.82, 2.24) is 0 Å². The zero-order valence-electron chi connectivity index (χ0n) is 8.33. The lowest BCUT2D eigenvalue weighted by atomic mass is 10.0. The first-order chi connectivity index (χ1) is 6.63. The van der Waals surface area contributed by atoms with Crippen molar-refractivity contribution in [3.05, 3.63) is 40.4 Å². The summed E-state index contributed by atoms with van der Waals surface area (Å²) >= 11 is 5.75. The first-order valence-electron chi connectivity index (χ1n) is 4.56. The van der Waals surface area contributed by atoms with Gasteiger partial charge in [0.15, 0.2) is 0 Å². The molecule has 0 aliphatic heterocycles. The second kappa shape index (κ2) is 4.97. The highest BCUT2D eigenvalue weighted by Gasteiger charge is 2.01. The average Bonchev–Trinajstić information content (AvgIpc) is 2.16. The lowest BCUT2D eigenvalue weighted by Gasteiger charge is -2.03. The minimum absolute atomic E-state index is 0.253. The molecular formula is C12H13ClO. The molecule has 0 aromatic heterocycles. The molecule has 0 unspecified atom stereocenters. The molecule has 0 aliphatic carbocycles. The fourth-order valence-electron chi connectivity index (χ4n) is 1.09. The summed E-state index contributed by atoms with van der Waals surface area (Å²) in [5.41, 5.74) is 1.80. The molecule has 2 heteroatoms. The van der Waals surface area contributed by atoms with E-state index in [-0.39, 0.29) is 5.92 Å². The molecule has 0 fully saturated rings. The number of aldehydes is 1. The Morgan fingerprint density at radius 3 is 2.29 bits per heavy atom. The molecule has 0 N–H and O–H groups in total. The van der Waals surface area contributed by atoms with Gasteiger partial charge in [-0.3, -0.25) is 4.79 Å². The maximum atomic E-state index is 10.7. The van der Waals surface area contributed by atoms with Crippen LogP contribution in [-0.2, 0) is 4.79 Å². The molecule has 0 spiro atoms. The van der Waals surface area contributed by atoms with Gasteiger partial charge >= 0.3 is 0 Å². The highest BCUT2D eigenvalue weighted by molar-refractivity contribution is 6.30. The number of carbonyl (C=O) groups is 1. The zero-order valence-corrected chi connectivity index (χ0v) is 9.08. The second-order valence-electron chi connectivity index (χ2n) is 3.47. The van der Waals surface area contributed by atoms with Crippen molar-refractivity contribution >= 4 is 24.0 Å². The van der Waals surface area contributed by atoms with Gasteiger partial charge in [-0.25, -0.2) is 0 Å². The summed E-state index contributed by atoms with van der Waals surface area (Å²) in [6.07, 6.45) is 2.78. The molecular weight excluding hydrogens is 196 g/mol. The summed E-state index contributed by atoms with van der Waals surface area (Å²) in [5.74, 6) is 0.253. The summed E-state index contributed by atoms with van der Waals surface area (Å²) in [6.45, 7) is 3.99. The predicted molar refractivity (Wildman–Crippen MR) is 60.3 cm³/mol. The number of halogens is 1. The van der Waals surface area contributed by atoms with Gasteiger partial charge in [0.2, 0.25) is 0 Å². The molecule has 0 radical (unpaired) electrons. The Balaban J connectivity index is 2.95. The number of hydrogen-bond acceptors (Lipinski definition) is 1. The van der Waals surface area contributed by atoms with Crippen LogP contribution in [0.15, 0.2) is 29.8 Å². The molecule has 0 heterocycles. The first kappa shape index (κ1) is 11.0. The maximum Gasteiger partial charge on any atom is 0.146 e. The number of hydrogen-bond donors (Lipinski definition) is 0. The van der Waals surface area contributed by atoms with E-state index in [1.54, 1.807) is 0 Å². The van der Waals surface area contributed by atoms with Crippen LogP contribution in [0.25, 0.3) is 6.08 Å². The van der Waals surface area contributed by atoms with Crippen LogP contribution in [0.4, 0.5) is 0 Å². The highest BCUT2D eigenvalue weighted by atomic mass is 35.5. The van der Waals surface area contributed by atoms with Gasteiger partial charge in [-0.2, -0.15) is 0 Å². The smallest absolute Gasteiger partial charge is 0.146 e. The van der Waals surface area contributed by atoms with Gasteiger partial charge < -0.3 is 0 Å². The van der Waals surface area contributed by atoms with Crippen LogP contribution in [0, 0.1) is 5.92 Å². The minimum Gasteiger partial charge on any atom is -0.298 e. The van der Waals surface area contributed by atoms with E-state index in [2.05, 4.69) is 0 Å². The zero-order chi connectivity index (χ0) is 10.6. The normalized spacial score (nSPS) is 11.9. The van der Waals surface area contributed by atoms with Gasteiger partial charge in [0.25, 0.3) is 0 Å². The van der Waals surface area contributed by atoms with Crippen LogP contribution in [0.2, 0.25) is 5.02 Å². The van der Waals surface area contributed by atoms with E-state index in [4.69, 9.17) is 11.6 Å². The SMILES string of the molecule is CC(C)C(C=O)=Cc1ccc(Cl)cc1. The Kier molecular flexibility index (Phi) is 3.90. The van der Waals surface area contributed by atoms with Crippen LogP contribution in [0.5, 0.6) is 0 Å². The fourth-order valence-corrected chi connectivity index (χ4v) is 1.21. The van der Waals surface area contributed by atoms with Crippen molar-refractivity contribution in [2.45, 2.75) is 13.8 Å². The molecule has 0 amide bonds. The molecule has 14 heavy (non-hydrogen) atoms. The number of allylic oxidation sites excluding steroid dienone is 1. The third-order valence-electron chi connectivity index (χ3n) is 2.01. The molecule has 1 rings (SSSR count). The lowest BCUT2D eigenvalue weighted by molar-refractivity contribution is -0.105. The van der Waals surface area contributed by atoms with Gasteiger partial charge in [0, 0.05) is 5.02 Å². The van der Waals surface area contributed by atoms with E-state index in [1.807, 2.05) is 44.2 Å². The summed E-state index contributed by atoms with van der Waals surface area (Å²) < 4.78 is 0. The molecule has 0 aliphatic rings. The van der Waals surface area contributed by atoms with Gasteiger partial charge in [-0.15, -0.1) is 0 Å². The van der Waals surface area contributed by atoms with E-state index in [0.29, 0.717) is 5.02 Å². The minimum atomic E-state index is 0.253. The van der Waals surface area contributed by atoms with E-state index >= 15 is 0 Å². The Bertz CT molecular complexity index is 336. The number of carbonyl (C=O) groups excluding carboxylic acids is 1. The largest absolute Gasteiger partial charge is 0.298 e. The Hall–Kier alpha value is -1.08. The Labute approximate surface area is 89.4 Å². The summed E-state index contributed by atoms with van der Waals surface area (Å²) in [4.78, 5) is 10.7. The molecule has 0 atom stereocenters. The van der Waals surface area contributed by atoms with Gasteiger partial charge in [0.1, 0.15) is 6.29 Å². The first-order valence-corrected chi connectivity index (χ1v) is 4.93. The quantitative estimate of drug-likeness (QED) is 0.548. The van der Waals surface area contributed by atoms with Crippen LogP contribution in [0.3, 0.4) is 0 Å².